The number of Topliss-reactive ketones (excluding diaryl/α,β-unsaturated/α-hetero) is 1. The summed E-state index contributed by atoms with van der Waals surface area (Å²) in [7, 11) is 0. The molecule has 0 saturated carbocycles. The summed E-state index contributed by atoms with van der Waals surface area (Å²) >= 11 is 0. The van der Waals surface area contributed by atoms with E-state index < -0.39 is 36.4 Å². The van der Waals surface area contributed by atoms with Gasteiger partial charge in [0.05, 0.1) is 11.7 Å². The monoisotopic (exact) mass is 357 g/mol. The Kier molecular flexibility index (Phi) is 6.21. The number of aliphatic hydroxyl groups is 2. The van der Waals surface area contributed by atoms with Crippen LogP contribution in [0.2, 0.25) is 0 Å². The van der Waals surface area contributed by atoms with E-state index in [0.717, 1.165) is 11.1 Å². The van der Waals surface area contributed by atoms with Crippen molar-refractivity contribution in [2.24, 2.45) is 0 Å². The molecule has 2 aromatic rings. The summed E-state index contributed by atoms with van der Waals surface area (Å²) in [6.45, 7) is 0.573. The van der Waals surface area contributed by atoms with Crippen molar-refractivity contribution in [3.05, 3.63) is 59.7 Å². The van der Waals surface area contributed by atoms with Crippen LogP contribution in [0.1, 0.15) is 27.6 Å². The third kappa shape index (κ3) is 4.53. The molecule has 7 heteroatoms. The van der Waals surface area contributed by atoms with E-state index in [1.165, 1.54) is 19.1 Å². The molecule has 7 nitrogen and oxygen atoms in total. The number of carbonyl (C=O) groups is 3. The third-order valence-electron chi connectivity index (χ3n) is 3.88. The zero-order valence-corrected chi connectivity index (χ0v) is 14.0. The summed E-state index contributed by atoms with van der Waals surface area (Å²) in [5.74, 6) is -2.23. The van der Waals surface area contributed by atoms with Crippen LogP contribution < -0.4 is 5.32 Å². The van der Waals surface area contributed by atoms with Gasteiger partial charge in [-0.05, 0) is 42.3 Å². The van der Waals surface area contributed by atoms with Gasteiger partial charge in [0.15, 0.2) is 5.78 Å². The number of hydrogen-bond acceptors (Lipinski definition) is 5. The Morgan fingerprint density at radius 2 is 1.38 bits per heavy atom. The highest BCUT2D eigenvalue weighted by Crippen LogP contribution is 2.20. The zero-order chi connectivity index (χ0) is 19.3. The fraction of sp³-hybridized carbons (Fsp3) is 0.211. The SMILES string of the molecule is C[C@@H](O)[C@H](NC(=O)c1ccc(-c2ccc(C(=O)O)cc2)cc1)C(=O)CO. The quantitative estimate of drug-likeness (QED) is 0.588. The van der Waals surface area contributed by atoms with E-state index in [4.69, 9.17) is 10.2 Å². The van der Waals surface area contributed by atoms with Gasteiger partial charge in [-0.2, -0.15) is 0 Å². The van der Waals surface area contributed by atoms with E-state index in [9.17, 15) is 19.5 Å². The maximum atomic E-state index is 12.2. The summed E-state index contributed by atoms with van der Waals surface area (Å²) in [6, 6.07) is 11.6. The normalized spacial score (nSPS) is 12.9. The molecule has 0 bridgehead atoms. The predicted molar refractivity (Wildman–Crippen MR) is 93.9 cm³/mol. The molecule has 0 spiro atoms. The smallest absolute Gasteiger partial charge is 0.335 e. The molecule has 0 aliphatic heterocycles. The molecule has 2 aromatic carbocycles. The average Bonchev–Trinajstić information content (AvgIpc) is 2.65. The van der Waals surface area contributed by atoms with Crippen LogP contribution in [0.4, 0.5) is 0 Å². The maximum Gasteiger partial charge on any atom is 0.335 e. The molecule has 2 atom stereocenters. The number of carboxylic acid groups (broad SMARTS) is 1. The van der Waals surface area contributed by atoms with E-state index in [2.05, 4.69) is 5.32 Å². The highest BCUT2D eigenvalue weighted by atomic mass is 16.4. The minimum Gasteiger partial charge on any atom is -0.478 e. The van der Waals surface area contributed by atoms with E-state index in [1.807, 2.05) is 0 Å². The number of aromatic carboxylic acids is 1. The number of hydrogen-bond donors (Lipinski definition) is 4. The molecule has 4 N–H and O–H groups in total. The largest absolute Gasteiger partial charge is 0.478 e. The first-order chi connectivity index (χ1) is 12.3. The molecule has 0 unspecified atom stereocenters. The Labute approximate surface area is 149 Å². The van der Waals surface area contributed by atoms with Crippen LogP contribution in [0.5, 0.6) is 0 Å². The average molecular weight is 357 g/mol. The summed E-state index contributed by atoms with van der Waals surface area (Å²) < 4.78 is 0. The minimum absolute atomic E-state index is 0.183. The fourth-order valence-electron chi connectivity index (χ4n) is 2.41. The lowest BCUT2D eigenvalue weighted by atomic mass is 10.0. The van der Waals surface area contributed by atoms with Crippen LogP contribution in [0.25, 0.3) is 11.1 Å². The van der Waals surface area contributed by atoms with E-state index >= 15 is 0 Å². The zero-order valence-electron chi connectivity index (χ0n) is 14.0. The number of rotatable bonds is 7. The van der Waals surface area contributed by atoms with Crippen LogP contribution in [0, 0.1) is 0 Å². The second kappa shape index (κ2) is 8.37. The summed E-state index contributed by atoms with van der Waals surface area (Å²) in [5.41, 5.74) is 2.05. The van der Waals surface area contributed by atoms with Gasteiger partial charge in [-0.25, -0.2) is 4.79 Å². The van der Waals surface area contributed by atoms with Crippen LogP contribution >= 0.6 is 0 Å². The lowest BCUT2D eigenvalue weighted by Gasteiger charge is -2.19. The van der Waals surface area contributed by atoms with E-state index in [-0.39, 0.29) is 11.1 Å². The highest BCUT2D eigenvalue weighted by molar-refractivity contribution is 5.98. The van der Waals surface area contributed by atoms with Gasteiger partial charge in [0.2, 0.25) is 0 Å². The first-order valence-corrected chi connectivity index (χ1v) is 7.89. The van der Waals surface area contributed by atoms with Crippen molar-refractivity contribution < 1.29 is 29.7 Å². The molecule has 136 valence electrons. The van der Waals surface area contributed by atoms with Crippen molar-refractivity contribution in [1.82, 2.24) is 5.32 Å². The molecule has 0 aliphatic carbocycles. The number of benzene rings is 2. The van der Waals surface area contributed by atoms with Gasteiger partial charge < -0.3 is 20.6 Å². The number of nitrogens with one attached hydrogen (secondary N) is 1. The van der Waals surface area contributed by atoms with Crippen molar-refractivity contribution in [1.29, 1.82) is 0 Å². The Bertz CT molecular complexity index is 796. The van der Waals surface area contributed by atoms with Crippen LogP contribution in [-0.4, -0.2) is 51.7 Å². The van der Waals surface area contributed by atoms with E-state index in [0.29, 0.717) is 0 Å². The van der Waals surface area contributed by atoms with Crippen molar-refractivity contribution in [3.63, 3.8) is 0 Å². The summed E-state index contributed by atoms with van der Waals surface area (Å²) in [5, 5.41) is 29.8. The van der Waals surface area contributed by atoms with Crippen molar-refractivity contribution in [2.75, 3.05) is 6.61 Å². The lowest BCUT2D eigenvalue weighted by Crippen LogP contribution is -2.48. The Morgan fingerprint density at radius 3 is 1.77 bits per heavy atom. The number of ketones is 1. The maximum absolute atomic E-state index is 12.2. The Hall–Kier alpha value is -3.03. The van der Waals surface area contributed by atoms with Gasteiger partial charge >= 0.3 is 5.97 Å². The first-order valence-electron chi connectivity index (χ1n) is 7.89. The molecule has 2 rings (SSSR count). The Balaban J connectivity index is 2.14. The standard InChI is InChI=1S/C19H19NO6/c1-11(22)17(16(23)10-21)20-18(24)14-6-2-12(3-7-14)13-4-8-15(9-5-13)19(25)26/h2-9,11,17,21-22H,10H2,1H3,(H,20,24)(H,25,26)/t11-,17+/m1/s1. The second-order valence-corrected chi connectivity index (χ2v) is 5.78. The second-order valence-electron chi connectivity index (χ2n) is 5.78. The number of carboxylic acids is 1. The number of aliphatic hydroxyl groups excluding tert-OH is 2. The molecule has 0 fully saturated rings. The molecule has 0 radical (unpaired) electrons. The Morgan fingerprint density at radius 1 is 0.923 bits per heavy atom. The highest BCUT2D eigenvalue weighted by Gasteiger charge is 2.25. The van der Waals surface area contributed by atoms with Crippen molar-refractivity contribution in [2.45, 2.75) is 19.1 Å². The van der Waals surface area contributed by atoms with Crippen molar-refractivity contribution in [3.8, 4) is 11.1 Å². The number of carbonyl (C=O) groups excluding carboxylic acids is 2. The molecule has 26 heavy (non-hydrogen) atoms. The van der Waals surface area contributed by atoms with Gasteiger partial charge in [0, 0.05) is 5.56 Å². The molecular weight excluding hydrogens is 338 g/mol. The molecule has 1 amide bonds. The minimum atomic E-state index is -1.18. The van der Waals surface area contributed by atoms with Gasteiger partial charge in [0.25, 0.3) is 5.91 Å². The predicted octanol–water partition coefficient (Wildman–Crippen LogP) is 1.09. The molecule has 0 saturated heterocycles. The summed E-state index contributed by atoms with van der Waals surface area (Å²) in [6.07, 6.45) is -1.13. The van der Waals surface area contributed by atoms with Gasteiger partial charge in [-0.15, -0.1) is 0 Å². The van der Waals surface area contributed by atoms with Gasteiger partial charge in [0.1, 0.15) is 12.6 Å². The van der Waals surface area contributed by atoms with Gasteiger partial charge in [-0.3, -0.25) is 9.59 Å². The number of amides is 1. The van der Waals surface area contributed by atoms with E-state index in [1.54, 1.807) is 36.4 Å². The lowest BCUT2D eigenvalue weighted by molar-refractivity contribution is -0.125. The first kappa shape index (κ1) is 19.3. The molecule has 0 heterocycles. The van der Waals surface area contributed by atoms with Crippen LogP contribution in [-0.2, 0) is 4.79 Å². The van der Waals surface area contributed by atoms with Gasteiger partial charge in [-0.1, -0.05) is 24.3 Å². The summed E-state index contributed by atoms with van der Waals surface area (Å²) in [4.78, 5) is 34.7. The third-order valence-corrected chi connectivity index (χ3v) is 3.88. The van der Waals surface area contributed by atoms with Crippen LogP contribution in [0.3, 0.4) is 0 Å². The molecule has 0 aromatic heterocycles. The molecular formula is C19H19NO6. The van der Waals surface area contributed by atoms with Crippen LogP contribution in [0.15, 0.2) is 48.5 Å². The molecule has 0 aliphatic rings. The topological polar surface area (TPSA) is 124 Å². The fourth-order valence-corrected chi connectivity index (χ4v) is 2.41. The van der Waals surface area contributed by atoms with Crippen molar-refractivity contribution >= 4 is 17.7 Å².